The van der Waals surface area contributed by atoms with Crippen molar-refractivity contribution >= 4 is 11.6 Å². The Balaban J connectivity index is 3.01. The predicted molar refractivity (Wildman–Crippen MR) is 60.1 cm³/mol. The molecule has 1 aromatic rings. The summed E-state index contributed by atoms with van der Waals surface area (Å²) in [5, 5.41) is 0.409. The van der Waals surface area contributed by atoms with E-state index in [1.165, 1.54) is 6.92 Å². The Morgan fingerprint density at radius 1 is 1.53 bits per heavy atom. The number of nitrogens with two attached hydrogens (primary N) is 1. The second-order valence-electron chi connectivity index (χ2n) is 3.48. The molecule has 84 valence electrons. The van der Waals surface area contributed by atoms with E-state index >= 15 is 0 Å². The first-order valence-electron chi connectivity index (χ1n) is 4.83. The fourth-order valence-corrected chi connectivity index (χ4v) is 1.45. The van der Waals surface area contributed by atoms with Crippen LogP contribution in [-0.2, 0) is 5.67 Å². The van der Waals surface area contributed by atoms with Crippen LogP contribution in [0.15, 0.2) is 18.2 Å². The Kier molecular flexibility index (Phi) is 3.94. The van der Waals surface area contributed by atoms with Crippen molar-refractivity contribution in [3.05, 3.63) is 28.8 Å². The van der Waals surface area contributed by atoms with E-state index in [9.17, 15) is 4.39 Å². The Hall–Kier alpha value is -0.800. The molecule has 0 spiro atoms. The zero-order chi connectivity index (χ0) is 11.5. The molecule has 1 rings (SSSR count). The van der Waals surface area contributed by atoms with Gasteiger partial charge < -0.3 is 10.5 Å². The zero-order valence-corrected chi connectivity index (χ0v) is 9.64. The average Bonchev–Trinajstić information content (AvgIpc) is 2.21. The Labute approximate surface area is 94.2 Å². The minimum atomic E-state index is -1.55. The highest BCUT2D eigenvalue weighted by atomic mass is 35.5. The van der Waals surface area contributed by atoms with Gasteiger partial charge in [0.25, 0.3) is 0 Å². The summed E-state index contributed by atoms with van der Waals surface area (Å²) < 4.78 is 19.1. The summed E-state index contributed by atoms with van der Waals surface area (Å²) in [5.41, 5.74) is 4.26. The minimum absolute atomic E-state index is 0.0721. The Morgan fingerprint density at radius 3 is 2.67 bits per heavy atom. The summed E-state index contributed by atoms with van der Waals surface area (Å²) in [7, 11) is 0. The summed E-state index contributed by atoms with van der Waals surface area (Å²) in [4.78, 5) is 0. The van der Waals surface area contributed by atoms with Crippen molar-refractivity contribution in [1.29, 1.82) is 0 Å². The van der Waals surface area contributed by atoms with Crippen molar-refractivity contribution in [3.63, 3.8) is 0 Å². The Morgan fingerprint density at radius 2 is 2.20 bits per heavy atom. The lowest BCUT2D eigenvalue weighted by atomic mass is 9.98. The van der Waals surface area contributed by atoms with Crippen LogP contribution in [0.4, 0.5) is 4.39 Å². The highest BCUT2D eigenvalue weighted by Gasteiger charge is 2.24. The molecule has 0 radical (unpaired) electrons. The summed E-state index contributed by atoms with van der Waals surface area (Å²) in [6, 6.07) is 4.86. The SMILES string of the molecule is CCOc1ccc(C(C)(F)CN)cc1Cl. The number of hydrogen-bond donors (Lipinski definition) is 1. The van der Waals surface area contributed by atoms with Crippen LogP contribution in [0, 0.1) is 0 Å². The standard InChI is InChI=1S/C11H15ClFNO/c1-3-15-10-5-4-8(6-9(10)12)11(2,13)7-14/h4-6H,3,7,14H2,1-2H3. The molecule has 0 aliphatic heterocycles. The van der Waals surface area contributed by atoms with E-state index in [4.69, 9.17) is 22.1 Å². The molecule has 0 aromatic heterocycles. The quantitative estimate of drug-likeness (QED) is 0.865. The highest BCUT2D eigenvalue weighted by Crippen LogP contribution is 2.31. The summed E-state index contributed by atoms with van der Waals surface area (Å²) in [6.45, 7) is 3.75. The molecule has 0 aliphatic rings. The van der Waals surface area contributed by atoms with Gasteiger partial charge >= 0.3 is 0 Å². The van der Waals surface area contributed by atoms with Crippen LogP contribution in [0.25, 0.3) is 0 Å². The molecule has 0 saturated carbocycles. The lowest BCUT2D eigenvalue weighted by Crippen LogP contribution is -2.26. The van der Waals surface area contributed by atoms with Gasteiger partial charge in [-0.05, 0) is 31.5 Å². The van der Waals surface area contributed by atoms with E-state index in [0.29, 0.717) is 22.9 Å². The number of hydrogen-bond acceptors (Lipinski definition) is 2. The average molecular weight is 232 g/mol. The number of rotatable bonds is 4. The van der Waals surface area contributed by atoms with Gasteiger partial charge in [0.2, 0.25) is 0 Å². The van der Waals surface area contributed by atoms with Gasteiger partial charge in [-0.1, -0.05) is 17.7 Å². The minimum Gasteiger partial charge on any atom is -0.492 e. The molecule has 0 saturated heterocycles. The lowest BCUT2D eigenvalue weighted by Gasteiger charge is -2.19. The number of alkyl halides is 1. The maximum Gasteiger partial charge on any atom is 0.145 e. The smallest absolute Gasteiger partial charge is 0.145 e. The lowest BCUT2D eigenvalue weighted by molar-refractivity contribution is 0.203. The van der Waals surface area contributed by atoms with Gasteiger partial charge in [0.05, 0.1) is 11.6 Å². The number of benzene rings is 1. The van der Waals surface area contributed by atoms with E-state index in [2.05, 4.69) is 0 Å². The molecule has 15 heavy (non-hydrogen) atoms. The normalized spacial score (nSPS) is 14.7. The topological polar surface area (TPSA) is 35.2 Å². The van der Waals surface area contributed by atoms with Crippen LogP contribution in [-0.4, -0.2) is 13.2 Å². The van der Waals surface area contributed by atoms with Crippen LogP contribution in [0.3, 0.4) is 0 Å². The van der Waals surface area contributed by atoms with Gasteiger partial charge in [0.1, 0.15) is 11.4 Å². The first kappa shape index (κ1) is 12.3. The maximum absolute atomic E-state index is 13.8. The largest absolute Gasteiger partial charge is 0.492 e. The number of halogens is 2. The van der Waals surface area contributed by atoms with E-state index in [0.717, 1.165) is 0 Å². The maximum atomic E-state index is 13.8. The molecule has 2 nitrogen and oxygen atoms in total. The van der Waals surface area contributed by atoms with Gasteiger partial charge in [-0.15, -0.1) is 0 Å². The van der Waals surface area contributed by atoms with Crippen molar-refractivity contribution in [2.24, 2.45) is 5.73 Å². The molecule has 2 N–H and O–H groups in total. The Bertz CT molecular complexity index is 341. The van der Waals surface area contributed by atoms with Crippen LogP contribution in [0.2, 0.25) is 5.02 Å². The van der Waals surface area contributed by atoms with Gasteiger partial charge in [-0.25, -0.2) is 4.39 Å². The third-order valence-electron chi connectivity index (χ3n) is 2.22. The number of ether oxygens (including phenoxy) is 1. The molecule has 1 unspecified atom stereocenters. The van der Waals surface area contributed by atoms with Gasteiger partial charge in [0, 0.05) is 6.54 Å². The van der Waals surface area contributed by atoms with Gasteiger partial charge in [-0.2, -0.15) is 0 Å². The van der Waals surface area contributed by atoms with Crippen molar-refractivity contribution < 1.29 is 9.13 Å². The fraction of sp³-hybridized carbons (Fsp3) is 0.455. The first-order valence-corrected chi connectivity index (χ1v) is 5.21. The van der Waals surface area contributed by atoms with E-state index < -0.39 is 5.67 Å². The van der Waals surface area contributed by atoms with E-state index in [-0.39, 0.29) is 6.54 Å². The summed E-state index contributed by atoms with van der Waals surface area (Å²) in [5.74, 6) is 0.565. The predicted octanol–water partition coefficient (Wildman–Crippen LogP) is 2.88. The molecule has 1 aromatic carbocycles. The van der Waals surface area contributed by atoms with Crippen LogP contribution >= 0.6 is 11.6 Å². The molecule has 4 heteroatoms. The second kappa shape index (κ2) is 4.81. The van der Waals surface area contributed by atoms with E-state index in [1.54, 1.807) is 18.2 Å². The van der Waals surface area contributed by atoms with Crippen molar-refractivity contribution in [2.75, 3.05) is 13.2 Å². The van der Waals surface area contributed by atoms with E-state index in [1.807, 2.05) is 6.92 Å². The van der Waals surface area contributed by atoms with Crippen LogP contribution in [0.1, 0.15) is 19.4 Å². The third kappa shape index (κ3) is 2.83. The molecule has 0 heterocycles. The first-order chi connectivity index (χ1) is 7.01. The van der Waals surface area contributed by atoms with Gasteiger partial charge in [-0.3, -0.25) is 0 Å². The summed E-state index contributed by atoms with van der Waals surface area (Å²) in [6.07, 6.45) is 0. The van der Waals surface area contributed by atoms with Crippen LogP contribution < -0.4 is 10.5 Å². The molecule has 1 atom stereocenters. The fourth-order valence-electron chi connectivity index (χ4n) is 1.22. The zero-order valence-electron chi connectivity index (χ0n) is 8.89. The molecule has 0 bridgehead atoms. The summed E-state index contributed by atoms with van der Waals surface area (Å²) >= 11 is 5.94. The van der Waals surface area contributed by atoms with Crippen molar-refractivity contribution in [1.82, 2.24) is 0 Å². The molecule has 0 aliphatic carbocycles. The molecule has 0 fully saturated rings. The van der Waals surface area contributed by atoms with Crippen molar-refractivity contribution in [2.45, 2.75) is 19.5 Å². The third-order valence-corrected chi connectivity index (χ3v) is 2.51. The highest BCUT2D eigenvalue weighted by molar-refractivity contribution is 6.32. The molecular weight excluding hydrogens is 217 g/mol. The van der Waals surface area contributed by atoms with Crippen molar-refractivity contribution in [3.8, 4) is 5.75 Å². The van der Waals surface area contributed by atoms with Gasteiger partial charge in [0.15, 0.2) is 0 Å². The molecular formula is C11H15ClFNO. The molecule has 0 amide bonds. The van der Waals surface area contributed by atoms with Crippen LogP contribution in [0.5, 0.6) is 5.75 Å². The second-order valence-corrected chi connectivity index (χ2v) is 3.89. The monoisotopic (exact) mass is 231 g/mol.